The molecule has 0 atom stereocenters. The molecule has 1 aromatic heterocycles. The molecule has 1 rings (SSSR count). The Morgan fingerprint density at radius 1 is 1.82 bits per heavy atom. The Morgan fingerprint density at radius 3 is 2.73 bits per heavy atom. The first-order valence-electron chi connectivity index (χ1n) is 3.47. The summed E-state index contributed by atoms with van der Waals surface area (Å²) in [6.07, 6.45) is 2.45. The van der Waals surface area contributed by atoms with E-state index in [2.05, 4.69) is 4.98 Å². The Kier molecular flexibility index (Phi) is 1.94. The molecule has 0 saturated heterocycles. The van der Waals surface area contributed by atoms with E-state index in [1.165, 1.54) is 0 Å². The van der Waals surface area contributed by atoms with E-state index in [0.29, 0.717) is 5.69 Å². The van der Waals surface area contributed by atoms with E-state index in [1.54, 1.807) is 10.8 Å². The van der Waals surface area contributed by atoms with Crippen molar-refractivity contribution in [3.8, 4) is 0 Å². The van der Waals surface area contributed by atoms with Gasteiger partial charge in [0.25, 0.3) is 5.91 Å². The number of amides is 1. The minimum absolute atomic E-state index is 0.337. The van der Waals surface area contributed by atoms with Crippen LogP contribution in [0, 0.1) is 0 Å². The third-order valence-electron chi connectivity index (χ3n) is 1.54. The molecule has 0 unspecified atom stereocenters. The molecule has 4 nitrogen and oxygen atoms in total. The van der Waals surface area contributed by atoms with Crippen molar-refractivity contribution >= 4 is 5.91 Å². The van der Waals surface area contributed by atoms with Crippen LogP contribution in [0.3, 0.4) is 0 Å². The van der Waals surface area contributed by atoms with E-state index < -0.39 is 5.91 Å². The molecule has 0 radical (unpaired) electrons. The minimum Gasteiger partial charge on any atom is -0.364 e. The van der Waals surface area contributed by atoms with Crippen LogP contribution in [0.2, 0.25) is 0 Å². The lowest BCUT2D eigenvalue weighted by Crippen LogP contribution is -2.11. The van der Waals surface area contributed by atoms with Crippen LogP contribution in [0.4, 0.5) is 0 Å². The predicted octanol–water partition coefficient (Wildman–Crippen LogP) is 0.0814. The Morgan fingerprint density at radius 2 is 2.45 bits per heavy atom. The first kappa shape index (κ1) is 7.78. The van der Waals surface area contributed by atoms with Gasteiger partial charge in [-0.25, -0.2) is 4.98 Å². The number of rotatable bonds is 2. The van der Waals surface area contributed by atoms with Gasteiger partial charge in [0.1, 0.15) is 11.5 Å². The van der Waals surface area contributed by atoms with Gasteiger partial charge in [0, 0.05) is 19.7 Å². The van der Waals surface area contributed by atoms with E-state index in [9.17, 15) is 4.79 Å². The molecule has 4 heteroatoms. The molecule has 0 aliphatic carbocycles. The van der Waals surface area contributed by atoms with E-state index in [0.717, 1.165) is 12.2 Å². The number of aromatic nitrogens is 2. The summed E-state index contributed by atoms with van der Waals surface area (Å²) in [7, 11) is 1.85. The molecular formula is C7H11N3O. The highest BCUT2D eigenvalue weighted by molar-refractivity contribution is 5.90. The third kappa shape index (κ3) is 1.39. The summed E-state index contributed by atoms with van der Waals surface area (Å²) in [6, 6.07) is 0. The van der Waals surface area contributed by atoms with Gasteiger partial charge < -0.3 is 10.3 Å². The number of nitrogens with zero attached hydrogens (tertiary/aromatic N) is 2. The van der Waals surface area contributed by atoms with Crippen LogP contribution in [-0.4, -0.2) is 15.5 Å². The van der Waals surface area contributed by atoms with Gasteiger partial charge in [0.2, 0.25) is 0 Å². The summed E-state index contributed by atoms with van der Waals surface area (Å²) < 4.78 is 1.81. The van der Waals surface area contributed by atoms with E-state index in [4.69, 9.17) is 5.73 Å². The molecule has 1 amide bonds. The molecule has 1 heterocycles. The fourth-order valence-corrected chi connectivity index (χ4v) is 0.952. The second-order valence-corrected chi connectivity index (χ2v) is 2.37. The monoisotopic (exact) mass is 153 g/mol. The smallest absolute Gasteiger partial charge is 0.268 e. The summed E-state index contributed by atoms with van der Waals surface area (Å²) in [5.74, 6) is 0.402. The standard InChI is InChI=1S/C7H11N3O/c1-3-6-9-5(7(8)11)4-10(6)2/h4H,3H2,1-2H3,(H2,8,11). The summed E-state index contributed by atoms with van der Waals surface area (Å²) >= 11 is 0. The average Bonchev–Trinajstić information content (AvgIpc) is 2.31. The normalized spacial score (nSPS) is 10.0. The number of nitrogens with two attached hydrogens (primary N) is 1. The van der Waals surface area contributed by atoms with E-state index >= 15 is 0 Å². The van der Waals surface area contributed by atoms with Crippen molar-refractivity contribution in [1.29, 1.82) is 0 Å². The average molecular weight is 153 g/mol. The number of aryl methyl sites for hydroxylation is 2. The van der Waals surface area contributed by atoms with Crippen LogP contribution in [0.5, 0.6) is 0 Å². The zero-order valence-corrected chi connectivity index (χ0v) is 6.66. The summed E-state index contributed by atoms with van der Waals surface area (Å²) in [6.45, 7) is 1.98. The van der Waals surface area contributed by atoms with Crippen molar-refractivity contribution in [3.05, 3.63) is 17.7 Å². The van der Waals surface area contributed by atoms with Gasteiger partial charge in [-0.2, -0.15) is 0 Å². The van der Waals surface area contributed by atoms with Crippen LogP contribution in [0.25, 0.3) is 0 Å². The van der Waals surface area contributed by atoms with Gasteiger partial charge in [0.15, 0.2) is 0 Å². The van der Waals surface area contributed by atoms with Crippen LogP contribution in [0.1, 0.15) is 23.2 Å². The molecule has 60 valence electrons. The largest absolute Gasteiger partial charge is 0.364 e. The Labute approximate surface area is 65.0 Å². The fraction of sp³-hybridized carbons (Fsp3) is 0.429. The van der Waals surface area contributed by atoms with Crippen LogP contribution in [0.15, 0.2) is 6.20 Å². The molecule has 0 aliphatic heterocycles. The molecule has 0 aliphatic rings. The maximum atomic E-state index is 10.6. The van der Waals surface area contributed by atoms with E-state index in [1.807, 2.05) is 14.0 Å². The number of primary amides is 1. The molecule has 0 spiro atoms. The number of hydrogen-bond acceptors (Lipinski definition) is 2. The Bertz CT molecular complexity index is 277. The van der Waals surface area contributed by atoms with Gasteiger partial charge in [0.05, 0.1) is 0 Å². The van der Waals surface area contributed by atoms with Gasteiger partial charge >= 0.3 is 0 Å². The topological polar surface area (TPSA) is 60.9 Å². The SMILES string of the molecule is CCc1nc(C(N)=O)cn1C. The Hall–Kier alpha value is -1.32. The predicted molar refractivity (Wildman–Crippen MR) is 41.1 cm³/mol. The molecule has 0 bridgehead atoms. The Balaban J connectivity index is 3.05. The highest BCUT2D eigenvalue weighted by Crippen LogP contribution is 2.00. The second-order valence-electron chi connectivity index (χ2n) is 2.37. The van der Waals surface area contributed by atoms with Crippen molar-refractivity contribution in [1.82, 2.24) is 9.55 Å². The quantitative estimate of drug-likeness (QED) is 0.654. The molecule has 0 aromatic carbocycles. The highest BCUT2D eigenvalue weighted by Gasteiger charge is 2.06. The van der Waals surface area contributed by atoms with Crippen LogP contribution < -0.4 is 5.73 Å². The summed E-state index contributed by atoms with van der Waals surface area (Å²) in [5.41, 5.74) is 5.37. The van der Waals surface area contributed by atoms with Gasteiger partial charge in [-0.1, -0.05) is 6.92 Å². The second kappa shape index (κ2) is 2.74. The van der Waals surface area contributed by atoms with Crippen LogP contribution >= 0.6 is 0 Å². The number of imidazole rings is 1. The van der Waals surface area contributed by atoms with Crippen molar-refractivity contribution < 1.29 is 4.79 Å². The first-order valence-corrected chi connectivity index (χ1v) is 3.47. The fourth-order valence-electron chi connectivity index (χ4n) is 0.952. The van der Waals surface area contributed by atoms with Crippen molar-refractivity contribution in [2.75, 3.05) is 0 Å². The maximum absolute atomic E-state index is 10.6. The molecule has 2 N–H and O–H groups in total. The molecule has 1 aromatic rings. The summed E-state index contributed by atoms with van der Waals surface area (Å²) in [5, 5.41) is 0. The lowest BCUT2D eigenvalue weighted by Gasteiger charge is -1.92. The molecular weight excluding hydrogens is 142 g/mol. The van der Waals surface area contributed by atoms with Crippen LogP contribution in [-0.2, 0) is 13.5 Å². The van der Waals surface area contributed by atoms with Crippen molar-refractivity contribution in [2.24, 2.45) is 12.8 Å². The zero-order chi connectivity index (χ0) is 8.43. The molecule has 11 heavy (non-hydrogen) atoms. The van der Waals surface area contributed by atoms with Crippen molar-refractivity contribution in [3.63, 3.8) is 0 Å². The van der Waals surface area contributed by atoms with E-state index in [-0.39, 0.29) is 0 Å². The molecule has 0 saturated carbocycles. The number of carbonyl (C=O) groups is 1. The maximum Gasteiger partial charge on any atom is 0.268 e. The van der Waals surface area contributed by atoms with Gasteiger partial charge in [-0.15, -0.1) is 0 Å². The zero-order valence-electron chi connectivity index (χ0n) is 6.66. The van der Waals surface area contributed by atoms with Gasteiger partial charge in [-0.05, 0) is 0 Å². The van der Waals surface area contributed by atoms with Crippen molar-refractivity contribution in [2.45, 2.75) is 13.3 Å². The highest BCUT2D eigenvalue weighted by atomic mass is 16.1. The van der Waals surface area contributed by atoms with Gasteiger partial charge in [-0.3, -0.25) is 4.79 Å². The lowest BCUT2D eigenvalue weighted by atomic mass is 10.4. The lowest BCUT2D eigenvalue weighted by molar-refractivity contribution is 0.0996. The number of carbonyl (C=O) groups excluding carboxylic acids is 1. The minimum atomic E-state index is -0.472. The molecule has 0 fully saturated rings. The first-order chi connectivity index (χ1) is 5.15. The third-order valence-corrected chi connectivity index (χ3v) is 1.54. The summed E-state index contributed by atoms with van der Waals surface area (Å²) in [4.78, 5) is 14.6. The number of hydrogen-bond donors (Lipinski definition) is 1.